The molecule has 0 radical (unpaired) electrons. The van der Waals surface area contributed by atoms with Crippen molar-refractivity contribution >= 4 is 17.2 Å². The summed E-state index contributed by atoms with van der Waals surface area (Å²) in [5.74, 6) is 0.221. The molecule has 17 heavy (non-hydrogen) atoms. The van der Waals surface area contributed by atoms with E-state index in [0.29, 0.717) is 0 Å². The molecule has 0 saturated carbocycles. The van der Waals surface area contributed by atoms with Crippen molar-refractivity contribution in [2.24, 2.45) is 0 Å². The van der Waals surface area contributed by atoms with E-state index in [4.69, 9.17) is 0 Å². The number of likely N-dealkylation sites (tertiary alicyclic amines) is 1. The van der Waals surface area contributed by atoms with Crippen LogP contribution in [0, 0.1) is 0 Å². The molecule has 2 heterocycles. The van der Waals surface area contributed by atoms with Gasteiger partial charge < -0.3 is 4.90 Å². The van der Waals surface area contributed by atoms with Crippen LogP contribution in [0.1, 0.15) is 37.6 Å². The number of hydrogen-bond acceptors (Lipinski definition) is 4. The van der Waals surface area contributed by atoms with Crippen LogP contribution in [-0.2, 0) is 4.79 Å². The Morgan fingerprint density at radius 2 is 2.18 bits per heavy atom. The van der Waals surface area contributed by atoms with E-state index in [2.05, 4.69) is 17.2 Å². The van der Waals surface area contributed by atoms with Crippen LogP contribution in [0.4, 0.5) is 0 Å². The maximum Gasteiger partial charge on any atom is 0.239 e. The lowest BCUT2D eigenvalue weighted by Gasteiger charge is -2.23. The molecule has 1 N–H and O–H groups in total. The lowest BCUT2D eigenvalue weighted by molar-refractivity contribution is -0.132. The maximum absolute atomic E-state index is 12.1. The summed E-state index contributed by atoms with van der Waals surface area (Å²) in [6.45, 7) is 5.85. The first-order valence-corrected chi connectivity index (χ1v) is 6.99. The molecule has 1 aromatic heterocycles. The molecule has 0 bridgehead atoms. The van der Waals surface area contributed by atoms with Crippen molar-refractivity contribution in [2.75, 3.05) is 13.1 Å². The summed E-state index contributed by atoms with van der Waals surface area (Å²) in [6, 6.07) is 0.0641. The van der Waals surface area contributed by atoms with Crippen LogP contribution in [0.2, 0.25) is 0 Å². The zero-order valence-electron chi connectivity index (χ0n) is 10.3. The summed E-state index contributed by atoms with van der Waals surface area (Å²) in [5.41, 5.74) is 1.82. The van der Waals surface area contributed by atoms with Gasteiger partial charge in [0, 0.05) is 30.2 Å². The van der Waals surface area contributed by atoms with Crippen molar-refractivity contribution in [2.45, 2.75) is 38.8 Å². The summed E-state index contributed by atoms with van der Waals surface area (Å²) in [6.07, 6.45) is 4.14. The van der Waals surface area contributed by atoms with Crippen molar-refractivity contribution in [3.8, 4) is 0 Å². The van der Waals surface area contributed by atoms with Crippen molar-refractivity contribution < 1.29 is 4.79 Å². The SMILES string of the molecule is CC(NC(C)c1cncs1)C(=O)N1CCCC1. The fourth-order valence-electron chi connectivity index (χ4n) is 2.18. The zero-order chi connectivity index (χ0) is 12.3. The Kier molecular flexibility index (Phi) is 4.12. The lowest BCUT2D eigenvalue weighted by atomic mass is 10.2. The molecule has 5 heteroatoms. The molecule has 1 fully saturated rings. The monoisotopic (exact) mass is 253 g/mol. The minimum atomic E-state index is -0.120. The lowest BCUT2D eigenvalue weighted by Crippen LogP contribution is -2.44. The van der Waals surface area contributed by atoms with Crippen LogP contribution >= 0.6 is 11.3 Å². The van der Waals surface area contributed by atoms with E-state index in [9.17, 15) is 4.79 Å². The molecule has 0 aromatic carbocycles. The number of carbonyl (C=O) groups excluding carboxylic acids is 1. The number of nitrogens with zero attached hydrogens (tertiary/aromatic N) is 2. The van der Waals surface area contributed by atoms with Crippen molar-refractivity contribution in [3.05, 3.63) is 16.6 Å². The van der Waals surface area contributed by atoms with E-state index in [1.807, 2.05) is 23.5 Å². The molecule has 1 saturated heterocycles. The average Bonchev–Trinajstić information content (AvgIpc) is 3.00. The molecule has 2 unspecified atom stereocenters. The van der Waals surface area contributed by atoms with Crippen LogP contribution in [0.25, 0.3) is 0 Å². The minimum Gasteiger partial charge on any atom is -0.341 e. The highest BCUT2D eigenvalue weighted by atomic mass is 32.1. The van der Waals surface area contributed by atoms with Gasteiger partial charge in [-0.1, -0.05) is 0 Å². The Hall–Kier alpha value is -0.940. The van der Waals surface area contributed by atoms with Crippen LogP contribution in [-0.4, -0.2) is 34.9 Å². The molecule has 1 aromatic rings. The van der Waals surface area contributed by atoms with E-state index in [0.717, 1.165) is 25.9 Å². The highest BCUT2D eigenvalue weighted by Gasteiger charge is 2.24. The van der Waals surface area contributed by atoms with E-state index in [-0.39, 0.29) is 18.0 Å². The Morgan fingerprint density at radius 3 is 2.76 bits per heavy atom. The number of aromatic nitrogens is 1. The van der Waals surface area contributed by atoms with Gasteiger partial charge in [-0.15, -0.1) is 11.3 Å². The van der Waals surface area contributed by atoms with Gasteiger partial charge in [0.1, 0.15) is 0 Å². The fraction of sp³-hybridized carbons (Fsp3) is 0.667. The van der Waals surface area contributed by atoms with E-state index in [1.165, 1.54) is 4.88 Å². The molecule has 1 aliphatic rings. The normalized spacial score (nSPS) is 19.3. The minimum absolute atomic E-state index is 0.120. The fourth-order valence-corrected chi connectivity index (χ4v) is 2.82. The largest absolute Gasteiger partial charge is 0.341 e. The summed E-state index contributed by atoms with van der Waals surface area (Å²) in [5, 5.41) is 3.34. The molecule has 94 valence electrons. The topological polar surface area (TPSA) is 45.2 Å². The summed E-state index contributed by atoms with van der Waals surface area (Å²) >= 11 is 1.62. The number of rotatable bonds is 4. The van der Waals surface area contributed by atoms with Gasteiger partial charge in [0.05, 0.1) is 11.6 Å². The predicted molar refractivity (Wildman–Crippen MR) is 68.9 cm³/mol. The molecule has 0 aliphatic carbocycles. The third-order valence-electron chi connectivity index (χ3n) is 3.17. The Morgan fingerprint density at radius 1 is 1.47 bits per heavy atom. The van der Waals surface area contributed by atoms with Crippen molar-refractivity contribution in [3.63, 3.8) is 0 Å². The van der Waals surface area contributed by atoms with E-state index < -0.39 is 0 Å². The Bertz CT molecular complexity index is 360. The standard InChI is InChI=1S/C12H19N3OS/c1-9(11-7-13-8-17-11)14-10(2)12(16)15-5-3-4-6-15/h7-10,14H,3-6H2,1-2H3. The highest BCUT2D eigenvalue weighted by molar-refractivity contribution is 7.09. The van der Waals surface area contributed by atoms with E-state index >= 15 is 0 Å². The third kappa shape index (κ3) is 3.04. The first kappa shape index (κ1) is 12.5. The van der Waals surface area contributed by atoms with Gasteiger partial charge in [0.2, 0.25) is 5.91 Å². The van der Waals surface area contributed by atoms with Crippen LogP contribution in [0.15, 0.2) is 11.7 Å². The molecule has 1 amide bonds. The molecular weight excluding hydrogens is 234 g/mol. The molecule has 2 atom stereocenters. The van der Waals surface area contributed by atoms with Gasteiger partial charge in [-0.3, -0.25) is 15.1 Å². The number of carbonyl (C=O) groups is 1. The van der Waals surface area contributed by atoms with Gasteiger partial charge >= 0.3 is 0 Å². The first-order chi connectivity index (χ1) is 8.18. The van der Waals surface area contributed by atoms with Gasteiger partial charge in [0.15, 0.2) is 0 Å². The number of thiazole rings is 1. The predicted octanol–water partition coefficient (Wildman–Crippen LogP) is 1.80. The van der Waals surface area contributed by atoms with Gasteiger partial charge in [-0.25, -0.2) is 0 Å². The van der Waals surface area contributed by atoms with Crippen LogP contribution in [0.5, 0.6) is 0 Å². The second-order valence-electron chi connectivity index (χ2n) is 4.55. The second-order valence-corrected chi connectivity index (χ2v) is 5.46. The van der Waals surface area contributed by atoms with Gasteiger partial charge in [-0.05, 0) is 26.7 Å². The smallest absolute Gasteiger partial charge is 0.239 e. The van der Waals surface area contributed by atoms with Crippen LogP contribution in [0.3, 0.4) is 0 Å². The van der Waals surface area contributed by atoms with Gasteiger partial charge in [-0.2, -0.15) is 0 Å². The quantitative estimate of drug-likeness (QED) is 0.890. The number of nitrogens with one attached hydrogen (secondary N) is 1. The Labute approximate surface area is 106 Å². The zero-order valence-corrected chi connectivity index (χ0v) is 11.2. The summed E-state index contributed by atoms with van der Waals surface area (Å²) < 4.78 is 0. The molecule has 4 nitrogen and oxygen atoms in total. The summed E-state index contributed by atoms with van der Waals surface area (Å²) in [4.78, 5) is 19.3. The number of hydrogen-bond donors (Lipinski definition) is 1. The molecule has 2 rings (SSSR count). The third-order valence-corrected chi connectivity index (χ3v) is 4.12. The second kappa shape index (κ2) is 5.60. The number of amides is 1. The maximum atomic E-state index is 12.1. The van der Waals surface area contributed by atoms with Gasteiger partial charge in [0.25, 0.3) is 0 Å². The van der Waals surface area contributed by atoms with Crippen LogP contribution < -0.4 is 5.32 Å². The molecular formula is C12H19N3OS. The first-order valence-electron chi connectivity index (χ1n) is 6.11. The van der Waals surface area contributed by atoms with Crippen molar-refractivity contribution in [1.29, 1.82) is 0 Å². The average molecular weight is 253 g/mol. The highest BCUT2D eigenvalue weighted by Crippen LogP contribution is 2.17. The molecule has 1 aliphatic heterocycles. The van der Waals surface area contributed by atoms with Crippen molar-refractivity contribution in [1.82, 2.24) is 15.2 Å². The van der Waals surface area contributed by atoms with E-state index in [1.54, 1.807) is 11.3 Å². The molecule has 0 spiro atoms. The summed E-state index contributed by atoms with van der Waals surface area (Å²) in [7, 11) is 0. The Balaban J connectivity index is 1.87.